The fraction of sp³-hybridized carbons (Fsp3) is 0.278. The van der Waals surface area contributed by atoms with Gasteiger partial charge in [-0.15, -0.1) is 0 Å². The zero-order valence-corrected chi connectivity index (χ0v) is 24.4. The van der Waals surface area contributed by atoms with E-state index >= 15 is 0 Å². The van der Waals surface area contributed by atoms with Crippen molar-refractivity contribution in [2.45, 2.75) is 66.6 Å². The first-order chi connectivity index (χ1) is 20.0. The molecule has 1 aliphatic heterocycles. The van der Waals surface area contributed by atoms with E-state index in [1.54, 1.807) is 0 Å². The molecule has 5 heteroatoms. The van der Waals surface area contributed by atoms with Crippen LogP contribution in [0.5, 0.6) is 0 Å². The van der Waals surface area contributed by atoms with Crippen LogP contribution in [-0.4, -0.2) is 25.8 Å². The minimum Gasteiger partial charge on any atom is -0.344 e. The molecule has 1 aliphatic rings. The van der Waals surface area contributed by atoms with Crippen LogP contribution >= 0.6 is 0 Å². The van der Waals surface area contributed by atoms with Gasteiger partial charge in [0.25, 0.3) is 11.8 Å². The maximum Gasteiger partial charge on any atom is 0.262 e. The lowest BCUT2D eigenvalue weighted by molar-refractivity contribution is -0.136. The molecule has 0 spiro atoms. The Hall–Kier alpha value is -4.38. The molecule has 0 N–H and O–H groups in total. The maximum absolute atomic E-state index is 14.5. The van der Waals surface area contributed by atoms with Crippen LogP contribution in [0.15, 0.2) is 78.9 Å². The van der Waals surface area contributed by atoms with Crippen LogP contribution in [0.1, 0.15) is 61.2 Å². The summed E-state index contributed by atoms with van der Waals surface area (Å²) in [6.07, 6.45) is 3.09. The maximum atomic E-state index is 14.5. The molecule has 0 bridgehead atoms. The highest BCUT2D eigenvalue weighted by atomic mass is 16.2. The Bertz CT molecular complexity index is 1820. The van der Waals surface area contributed by atoms with E-state index in [0.29, 0.717) is 11.1 Å². The summed E-state index contributed by atoms with van der Waals surface area (Å²) in [6, 6.07) is 26.4. The number of hydrogen-bond acceptors (Lipinski definition) is 2. The van der Waals surface area contributed by atoms with Gasteiger partial charge in [0.15, 0.2) is 0 Å². The molecule has 208 valence electrons. The number of para-hydroxylation sites is 2. The first-order valence-electron chi connectivity index (χ1n) is 14.8. The zero-order chi connectivity index (χ0) is 28.7. The molecule has 0 radical (unpaired) electrons. The molecule has 2 aromatic heterocycles. The molecule has 0 saturated carbocycles. The summed E-state index contributed by atoms with van der Waals surface area (Å²) >= 11 is 0. The van der Waals surface area contributed by atoms with Crippen molar-refractivity contribution in [2.75, 3.05) is 0 Å². The number of imide groups is 1. The second kappa shape index (κ2) is 10.9. The Balaban J connectivity index is 1.66. The second-order valence-corrected chi connectivity index (χ2v) is 11.0. The third kappa shape index (κ3) is 4.31. The molecule has 0 fully saturated rings. The molecular formula is C36H37N3O2. The fourth-order valence-electron chi connectivity index (χ4n) is 6.56. The van der Waals surface area contributed by atoms with Gasteiger partial charge in [0.1, 0.15) is 0 Å². The monoisotopic (exact) mass is 543 g/mol. The van der Waals surface area contributed by atoms with Gasteiger partial charge in [0.05, 0.1) is 17.7 Å². The fourth-order valence-corrected chi connectivity index (χ4v) is 6.56. The lowest BCUT2D eigenvalue weighted by Gasteiger charge is -2.15. The van der Waals surface area contributed by atoms with Gasteiger partial charge >= 0.3 is 0 Å². The van der Waals surface area contributed by atoms with Gasteiger partial charge in [-0.3, -0.25) is 14.5 Å². The molecule has 6 rings (SSSR count). The van der Waals surface area contributed by atoms with E-state index in [9.17, 15) is 9.59 Å². The number of carbonyl (C=O) groups excluding carboxylic acids is 2. The predicted molar refractivity (Wildman–Crippen MR) is 167 cm³/mol. The highest BCUT2D eigenvalue weighted by Gasteiger charge is 2.43. The summed E-state index contributed by atoms with van der Waals surface area (Å²) in [5.74, 6) is -0.441. The van der Waals surface area contributed by atoms with E-state index in [-0.39, 0.29) is 18.4 Å². The third-order valence-corrected chi connectivity index (χ3v) is 8.50. The van der Waals surface area contributed by atoms with Gasteiger partial charge in [0.2, 0.25) is 0 Å². The number of benzene rings is 3. The van der Waals surface area contributed by atoms with Crippen LogP contribution in [0.3, 0.4) is 0 Å². The summed E-state index contributed by atoms with van der Waals surface area (Å²) in [4.78, 5) is 30.5. The Labute approximate surface area is 241 Å². The first kappa shape index (κ1) is 26.8. The minimum atomic E-state index is -0.221. The number of amides is 2. The van der Waals surface area contributed by atoms with Crippen molar-refractivity contribution >= 4 is 44.8 Å². The smallest absolute Gasteiger partial charge is 0.262 e. The lowest BCUT2D eigenvalue weighted by Crippen LogP contribution is -2.31. The molecule has 0 aliphatic carbocycles. The summed E-state index contributed by atoms with van der Waals surface area (Å²) in [5.41, 5.74) is 8.00. The van der Waals surface area contributed by atoms with Gasteiger partial charge < -0.3 is 9.13 Å². The van der Waals surface area contributed by atoms with E-state index in [0.717, 1.165) is 82.2 Å². The number of aromatic nitrogens is 2. The molecule has 0 atom stereocenters. The average molecular weight is 544 g/mol. The zero-order valence-electron chi connectivity index (χ0n) is 24.4. The van der Waals surface area contributed by atoms with E-state index in [4.69, 9.17) is 0 Å². The van der Waals surface area contributed by atoms with E-state index in [1.807, 2.05) is 48.5 Å². The Morgan fingerprint density at radius 3 is 1.59 bits per heavy atom. The first-order valence-corrected chi connectivity index (χ1v) is 14.8. The van der Waals surface area contributed by atoms with Gasteiger partial charge in [0, 0.05) is 57.4 Å². The topological polar surface area (TPSA) is 47.2 Å². The van der Waals surface area contributed by atoms with Crippen molar-refractivity contribution in [3.05, 3.63) is 107 Å². The number of fused-ring (bicyclic) bond motifs is 2. The standard InChI is InChI=1S/C36H37N3O2/c1-5-7-22-38-25(4)32(28-18-12-14-20-30(28)38)34-33(35(40)39(36(34)41)23-26-15-9-8-10-16-26)31-24(3)37(21-6-2)29-19-13-11-17-27(29)31/h8-20H,5-7,21-23H2,1-4H3. The summed E-state index contributed by atoms with van der Waals surface area (Å²) in [5, 5.41) is 2.03. The Kier molecular flexibility index (Phi) is 7.12. The largest absolute Gasteiger partial charge is 0.344 e. The predicted octanol–water partition coefficient (Wildman–Crippen LogP) is 7.90. The van der Waals surface area contributed by atoms with Crippen molar-refractivity contribution in [1.82, 2.24) is 14.0 Å². The molecule has 2 amide bonds. The molecule has 5 aromatic rings. The second-order valence-electron chi connectivity index (χ2n) is 11.0. The van der Waals surface area contributed by atoms with Crippen LogP contribution in [0.2, 0.25) is 0 Å². The number of carbonyl (C=O) groups is 2. The number of aryl methyl sites for hydroxylation is 2. The van der Waals surface area contributed by atoms with Crippen molar-refractivity contribution in [1.29, 1.82) is 0 Å². The number of rotatable bonds is 9. The SMILES string of the molecule is CCCCn1c(C)c(C2=C(c3c(C)n(CCC)c4ccccc34)C(=O)N(Cc3ccccc3)C2=O)c2ccccc21. The van der Waals surface area contributed by atoms with Crippen molar-refractivity contribution < 1.29 is 9.59 Å². The summed E-state index contributed by atoms with van der Waals surface area (Å²) in [7, 11) is 0. The van der Waals surface area contributed by atoms with Gasteiger partial charge in [-0.05, 0) is 44.4 Å². The van der Waals surface area contributed by atoms with Crippen LogP contribution < -0.4 is 0 Å². The normalized spacial score (nSPS) is 13.9. The van der Waals surface area contributed by atoms with Crippen LogP contribution in [0.25, 0.3) is 33.0 Å². The lowest BCUT2D eigenvalue weighted by atomic mass is 9.93. The molecule has 3 aromatic carbocycles. The molecule has 3 heterocycles. The third-order valence-electron chi connectivity index (χ3n) is 8.50. The van der Waals surface area contributed by atoms with Crippen LogP contribution in [0, 0.1) is 13.8 Å². The van der Waals surface area contributed by atoms with Gasteiger partial charge in [-0.25, -0.2) is 0 Å². The van der Waals surface area contributed by atoms with Crippen LogP contribution in [0.4, 0.5) is 0 Å². The van der Waals surface area contributed by atoms with E-state index in [2.05, 4.69) is 67.2 Å². The van der Waals surface area contributed by atoms with Crippen LogP contribution in [-0.2, 0) is 29.2 Å². The average Bonchev–Trinajstić information content (AvgIpc) is 3.52. The highest BCUT2D eigenvalue weighted by Crippen LogP contribution is 2.45. The summed E-state index contributed by atoms with van der Waals surface area (Å²) < 4.78 is 4.62. The van der Waals surface area contributed by atoms with Crippen molar-refractivity contribution in [2.24, 2.45) is 0 Å². The Morgan fingerprint density at radius 1 is 0.585 bits per heavy atom. The van der Waals surface area contributed by atoms with Crippen molar-refractivity contribution in [3.8, 4) is 0 Å². The van der Waals surface area contributed by atoms with E-state index in [1.165, 1.54) is 4.90 Å². The van der Waals surface area contributed by atoms with Gasteiger partial charge in [-0.2, -0.15) is 0 Å². The Morgan fingerprint density at radius 2 is 1.07 bits per heavy atom. The van der Waals surface area contributed by atoms with E-state index < -0.39 is 0 Å². The minimum absolute atomic E-state index is 0.220. The molecular weight excluding hydrogens is 506 g/mol. The number of nitrogens with zero attached hydrogens (tertiary/aromatic N) is 3. The van der Waals surface area contributed by atoms with Crippen molar-refractivity contribution in [3.63, 3.8) is 0 Å². The summed E-state index contributed by atoms with van der Waals surface area (Å²) in [6.45, 7) is 10.5. The van der Waals surface area contributed by atoms with Gasteiger partial charge in [-0.1, -0.05) is 87.0 Å². The molecule has 41 heavy (non-hydrogen) atoms. The quantitative estimate of drug-likeness (QED) is 0.177. The highest BCUT2D eigenvalue weighted by molar-refractivity contribution is 6.51. The molecule has 0 unspecified atom stereocenters. The molecule has 5 nitrogen and oxygen atoms in total. The molecule has 0 saturated heterocycles. The number of unbranched alkanes of at least 4 members (excludes halogenated alkanes) is 1. The number of hydrogen-bond donors (Lipinski definition) is 0.